The first-order valence-electron chi connectivity index (χ1n) is 6.34. The molecule has 2 aromatic rings. The van der Waals surface area contributed by atoms with Gasteiger partial charge in [-0.25, -0.2) is 0 Å². The first-order chi connectivity index (χ1) is 9.71. The molecule has 5 nitrogen and oxygen atoms in total. The molecule has 0 fully saturated rings. The summed E-state index contributed by atoms with van der Waals surface area (Å²) >= 11 is 0. The highest BCUT2D eigenvalue weighted by molar-refractivity contribution is 5.44. The van der Waals surface area contributed by atoms with Crippen LogP contribution in [-0.2, 0) is 0 Å². The third kappa shape index (κ3) is 2.79. The van der Waals surface area contributed by atoms with Crippen molar-refractivity contribution in [3.63, 3.8) is 0 Å². The SMILES string of the molecule is COc1ccc(C(CN)C(O)c2ccco2)cc1OC. The summed E-state index contributed by atoms with van der Waals surface area (Å²) < 4.78 is 15.7. The first-order valence-corrected chi connectivity index (χ1v) is 6.34. The van der Waals surface area contributed by atoms with Crippen molar-refractivity contribution in [1.29, 1.82) is 0 Å². The lowest BCUT2D eigenvalue weighted by Crippen LogP contribution is -2.20. The second-order valence-electron chi connectivity index (χ2n) is 4.42. The van der Waals surface area contributed by atoms with Gasteiger partial charge in [0.1, 0.15) is 11.9 Å². The molecular formula is C15H19NO4. The highest BCUT2D eigenvalue weighted by atomic mass is 16.5. The van der Waals surface area contributed by atoms with Crippen molar-refractivity contribution in [1.82, 2.24) is 0 Å². The number of nitrogens with two attached hydrogens (primary N) is 1. The van der Waals surface area contributed by atoms with E-state index in [1.54, 1.807) is 32.4 Å². The van der Waals surface area contributed by atoms with Gasteiger partial charge in [0, 0.05) is 12.5 Å². The highest BCUT2D eigenvalue weighted by Crippen LogP contribution is 2.35. The highest BCUT2D eigenvalue weighted by Gasteiger charge is 2.24. The van der Waals surface area contributed by atoms with E-state index in [1.807, 2.05) is 12.1 Å². The molecule has 0 aliphatic rings. The van der Waals surface area contributed by atoms with E-state index in [0.717, 1.165) is 5.56 Å². The third-order valence-electron chi connectivity index (χ3n) is 3.31. The monoisotopic (exact) mass is 277 g/mol. The maximum atomic E-state index is 10.4. The lowest BCUT2D eigenvalue weighted by atomic mass is 9.92. The van der Waals surface area contributed by atoms with Gasteiger partial charge in [-0.15, -0.1) is 0 Å². The van der Waals surface area contributed by atoms with E-state index in [9.17, 15) is 5.11 Å². The fourth-order valence-electron chi connectivity index (χ4n) is 2.19. The van der Waals surface area contributed by atoms with Gasteiger partial charge in [0.05, 0.1) is 20.5 Å². The number of rotatable bonds is 6. The molecule has 108 valence electrons. The third-order valence-corrected chi connectivity index (χ3v) is 3.31. The summed E-state index contributed by atoms with van der Waals surface area (Å²) in [5, 5.41) is 10.4. The molecule has 3 N–H and O–H groups in total. The van der Waals surface area contributed by atoms with E-state index in [0.29, 0.717) is 17.3 Å². The van der Waals surface area contributed by atoms with Gasteiger partial charge in [0.15, 0.2) is 11.5 Å². The van der Waals surface area contributed by atoms with Crippen LogP contribution in [0.5, 0.6) is 11.5 Å². The molecule has 0 radical (unpaired) electrons. The van der Waals surface area contributed by atoms with Gasteiger partial charge in [0.25, 0.3) is 0 Å². The number of hydrogen-bond acceptors (Lipinski definition) is 5. The zero-order chi connectivity index (χ0) is 14.5. The van der Waals surface area contributed by atoms with Crippen LogP contribution in [0.1, 0.15) is 23.3 Å². The van der Waals surface area contributed by atoms with Crippen LogP contribution >= 0.6 is 0 Å². The lowest BCUT2D eigenvalue weighted by molar-refractivity contribution is 0.122. The number of ether oxygens (including phenoxy) is 2. The zero-order valence-corrected chi connectivity index (χ0v) is 11.6. The predicted molar refractivity (Wildman–Crippen MR) is 75.0 cm³/mol. The molecule has 0 aliphatic carbocycles. The van der Waals surface area contributed by atoms with Crippen LogP contribution in [0.15, 0.2) is 41.0 Å². The van der Waals surface area contributed by atoms with E-state index in [1.165, 1.54) is 6.26 Å². The Balaban J connectivity index is 2.32. The summed E-state index contributed by atoms with van der Waals surface area (Å²) in [7, 11) is 3.15. The molecular weight excluding hydrogens is 258 g/mol. The smallest absolute Gasteiger partial charge is 0.160 e. The Morgan fingerprint density at radius 3 is 2.50 bits per heavy atom. The van der Waals surface area contributed by atoms with Crippen LogP contribution in [-0.4, -0.2) is 25.9 Å². The summed E-state index contributed by atoms with van der Waals surface area (Å²) in [5.41, 5.74) is 6.67. The minimum absolute atomic E-state index is 0.277. The lowest BCUT2D eigenvalue weighted by Gasteiger charge is -2.21. The number of benzene rings is 1. The maximum absolute atomic E-state index is 10.4. The van der Waals surface area contributed by atoms with Crippen molar-refractivity contribution in [3.8, 4) is 11.5 Å². The maximum Gasteiger partial charge on any atom is 0.160 e. The molecule has 20 heavy (non-hydrogen) atoms. The largest absolute Gasteiger partial charge is 0.493 e. The van der Waals surface area contributed by atoms with Crippen molar-refractivity contribution in [2.75, 3.05) is 20.8 Å². The van der Waals surface area contributed by atoms with E-state index in [2.05, 4.69) is 0 Å². The first kappa shape index (κ1) is 14.4. The van der Waals surface area contributed by atoms with Crippen LogP contribution in [0, 0.1) is 0 Å². The fourth-order valence-corrected chi connectivity index (χ4v) is 2.19. The Hall–Kier alpha value is -1.98. The normalized spacial score (nSPS) is 13.8. The second-order valence-corrected chi connectivity index (χ2v) is 4.42. The van der Waals surface area contributed by atoms with Gasteiger partial charge in [-0.05, 0) is 29.8 Å². The Labute approximate surface area is 117 Å². The molecule has 0 spiro atoms. The molecule has 1 heterocycles. The standard InChI is InChI=1S/C15H19NO4/c1-18-12-6-5-10(8-14(12)19-2)11(9-16)15(17)13-4-3-7-20-13/h3-8,11,15,17H,9,16H2,1-2H3. The van der Waals surface area contributed by atoms with Gasteiger partial charge in [-0.1, -0.05) is 6.07 Å². The minimum Gasteiger partial charge on any atom is -0.493 e. The Kier molecular flexibility index (Phi) is 4.65. The average molecular weight is 277 g/mol. The molecule has 0 saturated carbocycles. The molecule has 2 unspecified atom stereocenters. The molecule has 5 heteroatoms. The van der Waals surface area contributed by atoms with Crippen LogP contribution < -0.4 is 15.2 Å². The van der Waals surface area contributed by atoms with Crippen molar-refractivity contribution in [2.45, 2.75) is 12.0 Å². The van der Waals surface area contributed by atoms with Crippen LogP contribution in [0.3, 0.4) is 0 Å². The van der Waals surface area contributed by atoms with Gasteiger partial charge < -0.3 is 24.7 Å². The molecule has 2 rings (SSSR count). The summed E-state index contributed by atoms with van der Waals surface area (Å²) in [6.07, 6.45) is 0.730. The fraction of sp³-hybridized carbons (Fsp3) is 0.333. The molecule has 1 aromatic carbocycles. The summed E-state index contributed by atoms with van der Waals surface area (Å²) in [4.78, 5) is 0. The second kappa shape index (κ2) is 6.45. The summed E-state index contributed by atoms with van der Waals surface area (Å²) in [6.45, 7) is 0.289. The number of aliphatic hydroxyl groups excluding tert-OH is 1. The quantitative estimate of drug-likeness (QED) is 0.845. The molecule has 1 aromatic heterocycles. The number of hydrogen-bond donors (Lipinski definition) is 2. The van der Waals surface area contributed by atoms with Crippen molar-refractivity contribution in [2.24, 2.45) is 5.73 Å². The molecule has 0 aliphatic heterocycles. The number of methoxy groups -OCH3 is 2. The molecule has 2 atom stereocenters. The molecule has 0 saturated heterocycles. The van der Waals surface area contributed by atoms with Crippen molar-refractivity contribution >= 4 is 0 Å². The number of aliphatic hydroxyl groups is 1. The number of furan rings is 1. The Bertz CT molecular complexity index is 539. The topological polar surface area (TPSA) is 77.9 Å². The van der Waals surface area contributed by atoms with Gasteiger partial charge in [-0.3, -0.25) is 0 Å². The van der Waals surface area contributed by atoms with Crippen molar-refractivity contribution in [3.05, 3.63) is 47.9 Å². The van der Waals surface area contributed by atoms with Gasteiger partial charge in [-0.2, -0.15) is 0 Å². The molecule has 0 bridgehead atoms. The van der Waals surface area contributed by atoms with Gasteiger partial charge >= 0.3 is 0 Å². The summed E-state index contributed by atoms with van der Waals surface area (Å²) in [5.74, 6) is 1.46. The Morgan fingerprint density at radius 2 is 1.95 bits per heavy atom. The van der Waals surface area contributed by atoms with Gasteiger partial charge in [0.2, 0.25) is 0 Å². The molecule has 0 amide bonds. The van der Waals surface area contributed by atoms with E-state index >= 15 is 0 Å². The van der Waals surface area contributed by atoms with E-state index in [4.69, 9.17) is 19.6 Å². The van der Waals surface area contributed by atoms with Crippen molar-refractivity contribution < 1.29 is 19.0 Å². The average Bonchev–Trinajstić information content (AvgIpc) is 3.01. The summed E-state index contributed by atoms with van der Waals surface area (Å²) in [6, 6.07) is 8.95. The van der Waals surface area contributed by atoms with E-state index < -0.39 is 6.10 Å². The Morgan fingerprint density at radius 1 is 1.20 bits per heavy atom. The predicted octanol–water partition coefficient (Wildman–Crippen LogP) is 2.07. The van der Waals surface area contributed by atoms with Crippen LogP contribution in [0.25, 0.3) is 0 Å². The van der Waals surface area contributed by atoms with Crippen LogP contribution in [0.2, 0.25) is 0 Å². The van der Waals surface area contributed by atoms with Crippen LogP contribution in [0.4, 0.5) is 0 Å². The minimum atomic E-state index is -0.798. The van der Waals surface area contributed by atoms with E-state index in [-0.39, 0.29) is 12.5 Å². The zero-order valence-electron chi connectivity index (χ0n) is 11.6.